The van der Waals surface area contributed by atoms with Crippen LogP contribution in [0.25, 0.3) is 0 Å². The summed E-state index contributed by atoms with van der Waals surface area (Å²) in [6, 6.07) is 5.96. The summed E-state index contributed by atoms with van der Waals surface area (Å²) in [6.45, 7) is 4.68. The molecule has 2 nitrogen and oxygen atoms in total. The van der Waals surface area contributed by atoms with Gasteiger partial charge in [0.25, 0.3) is 0 Å². The molecule has 130 valence electrons. The van der Waals surface area contributed by atoms with E-state index in [0.29, 0.717) is 29.4 Å². The van der Waals surface area contributed by atoms with E-state index in [2.05, 4.69) is 35.8 Å². The van der Waals surface area contributed by atoms with Crippen LogP contribution in [-0.2, 0) is 6.42 Å². The number of fused-ring (bicyclic) bond motifs is 5. The average molecular weight is 391 g/mol. The molecule has 3 aliphatic carbocycles. The average Bonchev–Trinajstić information content (AvgIpc) is 2.79. The van der Waals surface area contributed by atoms with Crippen molar-refractivity contribution in [1.29, 1.82) is 0 Å². The second-order valence-electron chi connectivity index (χ2n) is 8.57. The van der Waals surface area contributed by atoms with Crippen LogP contribution < -0.4 is 0 Å². The SMILES string of the molecule is C[C@@H]1Cc2cc(O)ccc2[C@H]2CC[C@@]3(C)[C@@H](CC[C@@]3(O)/C=C/Br)[C@H]12. The van der Waals surface area contributed by atoms with Crippen molar-refractivity contribution in [2.45, 2.75) is 57.5 Å². The Labute approximate surface area is 153 Å². The smallest absolute Gasteiger partial charge is 0.115 e. The Hall–Kier alpha value is -0.800. The van der Waals surface area contributed by atoms with E-state index in [0.717, 1.165) is 32.1 Å². The lowest BCUT2D eigenvalue weighted by atomic mass is 9.51. The molecule has 0 spiro atoms. The molecule has 0 unspecified atom stereocenters. The number of aromatic hydroxyl groups is 1. The number of benzene rings is 1. The van der Waals surface area contributed by atoms with Gasteiger partial charge in [-0.1, -0.05) is 35.8 Å². The Morgan fingerprint density at radius 3 is 2.79 bits per heavy atom. The topological polar surface area (TPSA) is 40.5 Å². The first kappa shape index (κ1) is 16.7. The molecule has 0 aliphatic heterocycles. The van der Waals surface area contributed by atoms with Crippen molar-refractivity contribution in [2.24, 2.45) is 23.2 Å². The minimum absolute atomic E-state index is 0.0267. The highest BCUT2D eigenvalue weighted by atomic mass is 79.9. The minimum Gasteiger partial charge on any atom is -0.508 e. The standard InChI is InChI=1S/C21H27BrO2/c1-13-11-14-12-15(23)3-4-16(14)17-5-7-20(2)18(19(13)17)6-8-21(20,24)9-10-22/h3-4,9-10,12-13,17-19,23-24H,5-8,11H2,1-2H3/b10-9+/t13-,17-,18+,19-,20+,21-/m1/s1. The highest BCUT2D eigenvalue weighted by Crippen LogP contribution is 2.65. The Bertz CT molecular complexity index is 684. The van der Waals surface area contributed by atoms with Gasteiger partial charge in [0.2, 0.25) is 0 Å². The molecule has 0 radical (unpaired) electrons. The Kier molecular flexibility index (Phi) is 3.89. The molecule has 1 aromatic carbocycles. The quantitative estimate of drug-likeness (QED) is 0.697. The van der Waals surface area contributed by atoms with Crippen molar-refractivity contribution in [3.8, 4) is 5.75 Å². The molecule has 0 aromatic heterocycles. The Morgan fingerprint density at radius 1 is 1.25 bits per heavy atom. The zero-order valence-electron chi connectivity index (χ0n) is 14.5. The molecule has 2 fully saturated rings. The van der Waals surface area contributed by atoms with Gasteiger partial charge in [-0.05, 0) is 90.1 Å². The van der Waals surface area contributed by atoms with Gasteiger partial charge in [0.15, 0.2) is 0 Å². The molecule has 0 heterocycles. The van der Waals surface area contributed by atoms with Gasteiger partial charge >= 0.3 is 0 Å². The Balaban J connectivity index is 1.75. The van der Waals surface area contributed by atoms with E-state index in [1.165, 1.54) is 11.1 Å². The van der Waals surface area contributed by atoms with Crippen molar-refractivity contribution in [1.82, 2.24) is 0 Å². The predicted octanol–water partition coefficient (Wildman–Crippen LogP) is 5.13. The fraction of sp³-hybridized carbons (Fsp3) is 0.619. The van der Waals surface area contributed by atoms with Crippen molar-refractivity contribution in [2.75, 3.05) is 0 Å². The molecule has 3 heteroatoms. The molecule has 0 saturated heterocycles. The van der Waals surface area contributed by atoms with Crippen molar-refractivity contribution < 1.29 is 10.2 Å². The number of hydrogen-bond donors (Lipinski definition) is 2. The van der Waals surface area contributed by atoms with E-state index in [1.807, 2.05) is 23.2 Å². The van der Waals surface area contributed by atoms with Gasteiger partial charge in [-0.25, -0.2) is 0 Å². The fourth-order valence-electron chi connectivity index (χ4n) is 6.40. The number of halogens is 1. The Morgan fingerprint density at radius 2 is 2.04 bits per heavy atom. The maximum absolute atomic E-state index is 11.3. The molecule has 0 bridgehead atoms. The number of aliphatic hydroxyl groups is 1. The number of rotatable bonds is 1. The first-order chi connectivity index (χ1) is 11.4. The maximum atomic E-state index is 11.3. The molecule has 0 amide bonds. The van der Waals surface area contributed by atoms with E-state index in [9.17, 15) is 10.2 Å². The van der Waals surface area contributed by atoms with Crippen LogP contribution in [0.3, 0.4) is 0 Å². The summed E-state index contributed by atoms with van der Waals surface area (Å²) in [4.78, 5) is 1.84. The maximum Gasteiger partial charge on any atom is 0.115 e. The fourth-order valence-corrected chi connectivity index (χ4v) is 6.83. The van der Waals surface area contributed by atoms with Crippen LogP contribution >= 0.6 is 15.9 Å². The van der Waals surface area contributed by atoms with Crippen LogP contribution in [0.4, 0.5) is 0 Å². The largest absolute Gasteiger partial charge is 0.508 e. The second kappa shape index (κ2) is 5.60. The van der Waals surface area contributed by atoms with Crippen molar-refractivity contribution >= 4 is 15.9 Å². The highest BCUT2D eigenvalue weighted by Gasteiger charge is 2.61. The normalized spacial score (nSPS) is 44.2. The predicted molar refractivity (Wildman–Crippen MR) is 100 cm³/mol. The van der Waals surface area contributed by atoms with Gasteiger partial charge in [-0.3, -0.25) is 0 Å². The van der Waals surface area contributed by atoms with E-state index in [-0.39, 0.29) is 5.41 Å². The first-order valence-corrected chi connectivity index (χ1v) is 10.1. The van der Waals surface area contributed by atoms with Crippen molar-refractivity contribution in [3.63, 3.8) is 0 Å². The third kappa shape index (κ3) is 2.17. The molecular weight excluding hydrogens is 364 g/mol. The van der Waals surface area contributed by atoms with Gasteiger partial charge in [-0.2, -0.15) is 0 Å². The molecule has 3 aliphatic rings. The summed E-state index contributed by atoms with van der Waals surface area (Å²) in [5.41, 5.74) is 2.08. The number of phenols is 1. The molecule has 1 aromatic rings. The number of hydrogen-bond acceptors (Lipinski definition) is 2. The monoisotopic (exact) mass is 390 g/mol. The zero-order valence-corrected chi connectivity index (χ0v) is 16.1. The third-order valence-corrected chi connectivity index (χ3v) is 7.88. The summed E-state index contributed by atoms with van der Waals surface area (Å²) >= 11 is 3.38. The number of phenolic OH excluding ortho intramolecular Hbond substituents is 1. The van der Waals surface area contributed by atoms with Crippen LogP contribution in [-0.4, -0.2) is 15.8 Å². The molecular formula is C21H27BrO2. The van der Waals surface area contributed by atoms with Crippen LogP contribution in [0.2, 0.25) is 0 Å². The lowest BCUT2D eigenvalue weighted by molar-refractivity contribution is -0.0790. The molecule has 2 N–H and O–H groups in total. The third-order valence-electron chi connectivity index (χ3n) is 7.61. The molecule has 24 heavy (non-hydrogen) atoms. The second-order valence-corrected chi connectivity index (χ2v) is 9.10. The van der Waals surface area contributed by atoms with Crippen LogP contribution in [0.1, 0.15) is 56.6 Å². The summed E-state index contributed by atoms with van der Waals surface area (Å²) in [5, 5.41) is 21.1. The van der Waals surface area contributed by atoms with E-state index >= 15 is 0 Å². The van der Waals surface area contributed by atoms with Gasteiger partial charge in [0.1, 0.15) is 5.75 Å². The van der Waals surface area contributed by atoms with E-state index < -0.39 is 5.60 Å². The lowest BCUT2D eigenvalue weighted by Crippen LogP contribution is -2.51. The van der Waals surface area contributed by atoms with E-state index in [4.69, 9.17) is 0 Å². The summed E-state index contributed by atoms with van der Waals surface area (Å²) in [5.74, 6) is 2.78. The van der Waals surface area contributed by atoms with Gasteiger partial charge < -0.3 is 10.2 Å². The molecule has 4 rings (SSSR count). The van der Waals surface area contributed by atoms with Crippen LogP contribution in [0.15, 0.2) is 29.3 Å². The lowest BCUT2D eigenvalue weighted by Gasteiger charge is -2.54. The summed E-state index contributed by atoms with van der Waals surface area (Å²) in [7, 11) is 0. The van der Waals surface area contributed by atoms with Gasteiger partial charge in [0.05, 0.1) is 5.60 Å². The first-order valence-electron chi connectivity index (χ1n) is 9.22. The van der Waals surface area contributed by atoms with Gasteiger partial charge in [0, 0.05) is 5.41 Å². The van der Waals surface area contributed by atoms with Crippen molar-refractivity contribution in [3.05, 3.63) is 40.4 Å². The summed E-state index contributed by atoms with van der Waals surface area (Å²) < 4.78 is 0. The zero-order chi connectivity index (χ0) is 17.1. The van der Waals surface area contributed by atoms with Gasteiger partial charge in [-0.15, -0.1) is 0 Å². The molecule has 6 atom stereocenters. The highest BCUT2D eigenvalue weighted by molar-refractivity contribution is 9.11. The minimum atomic E-state index is -0.679. The molecule has 2 saturated carbocycles. The van der Waals surface area contributed by atoms with E-state index in [1.54, 1.807) is 0 Å². The van der Waals surface area contributed by atoms with Crippen LogP contribution in [0, 0.1) is 23.2 Å². The van der Waals surface area contributed by atoms with Crippen LogP contribution in [0.5, 0.6) is 5.75 Å². The summed E-state index contributed by atoms with van der Waals surface area (Å²) in [6.07, 6.45) is 7.22.